The maximum absolute atomic E-state index is 12.9. The van der Waals surface area contributed by atoms with E-state index < -0.39 is 10.0 Å². The lowest BCUT2D eigenvalue weighted by molar-refractivity contribution is -0.125. The second-order valence-corrected chi connectivity index (χ2v) is 10.4. The first-order valence-corrected chi connectivity index (χ1v) is 12.3. The zero-order chi connectivity index (χ0) is 20.9. The standard InChI is InChI=1S/C21H29N3O3S2/c1-17-6-8-20(9-7-17)29(26,27)24-13-4-12-23(14-15-24)18(2)21(25)22-11-10-19-5-3-16-28-19/h3,5-9,16,18H,4,10-15H2,1-2H3,(H,22,25)/t18-/m1/s1. The van der Waals surface area contributed by atoms with Crippen molar-refractivity contribution in [3.8, 4) is 0 Å². The molecular weight excluding hydrogens is 406 g/mol. The first-order valence-electron chi connectivity index (χ1n) is 9.99. The van der Waals surface area contributed by atoms with Gasteiger partial charge in [-0.2, -0.15) is 4.31 Å². The molecule has 2 aromatic rings. The number of hydrogen-bond acceptors (Lipinski definition) is 5. The van der Waals surface area contributed by atoms with Gasteiger partial charge in [-0.3, -0.25) is 9.69 Å². The molecule has 0 radical (unpaired) electrons. The number of sulfonamides is 1. The Kier molecular flexibility index (Phi) is 7.45. The van der Waals surface area contributed by atoms with E-state index >= 15 is 0 Å². The summed E-state index contributed by atoms with van der Waals surface area (Å²) in [5.74, 6) is -0.00334. The van der Waals surface area contributed by atoms with Crippen LogP contribution in [0, 0.1) is 6.92 Å². The van der Waals surface area contributed by atoms with Gasteiger partial charge in [-0.1, -0.05) is 23.8 Å². The minimum absolute atomic E-state index is 0.00334. The number of amides is 1. The third-order valence-corrected chi connectivity index (χ3v) is 8.18. The highest BCUT2D eigenvalue weighted by atomic mass is 32.2. The fourth-order valence-corrected chi connectivity index (χ4v) is 5.66. The Morgan fingerprint density at radius 3 is 2.59 bits per heavy atom. The van der Waals surface area contributed by atoms with Gasteiger partial charge in [0.15, 0.2) is 0 Å². The molecule has 0 saturated carbocycles. The van der Waals surface area contributed by atoms with E-state index in [2.05, 4.69) is 16.3 Å². The van der Waals surface area contributed by atoms with Crippen molar-refractivity contribution in [2.75, 3.05) is 32.7 Å². The molecule has 1 aromatic heterocycles. The molecule has 0 spiro atoms. The molecule has 0 bridgehead atoms. The van der Waals surface area contributed by atoms with Crippen molar-refractivity contribution in [1.82, 2.24) is 14.5 Å². The molecule has 1 fully saturated rings. The Bertz CT molecular complexity index is 896. The van der Waals surface area contributed by atoms with Gasteiger partial charge in [-0.15, -0.1) is 11.3 Å². The van der Waals surface area contributed by atoms with Gasteiger partial charge in [0.05, 0.1) is 10.9 Å². The maximum Gasteiger partial charge on any atom is 0.243 e. The predicted octanol–water partition coefficient (Wildman–Crippen LogP) is 2.50. The Morgan fingerprint density at radius 2 is 1.90 bits per heavy atom. The molecule has 3 rings (SSSR count). The minimum Gasteiger partial charge on any atom is -0.354 e. The lowest BCUT2D eigenvalue weighted by atomic mass is 10.2. The van der Waals surface area contributed by atoms with Crippen molar-refractivity contribution < 1.29 is 13.2 Å². The number of benzene rings is 1. The summed E-state index contributed by atoms with van der Waals surface area (Å²) < 4.78 is 27.4. The largest absolute Gasteiger partial charge is 0.354 e. The lowest BCUT2D eigenvalue weighted by Crippen LogP contribution is -2.47. The van der Waals surface area contributed by atoms with Gasteiger partial charge in [0.25, 0.3) is 0 Å². The maximum atomic E-state index is 12.9. The first-order chi connectivity index (χ1) is 13.9. The summed E-state index contributed by atoms with van der Waals surface area (Å²) in [6, 6.07) is 10.8. The fraction of sp³-hybridized carbons (Fsp3) is 0.476. The molecule has 158 valence electrons. The molecular formula is C21H29N3O3S2. The van der Waals surface area contributed by atoms with E-state index in [1.807, 2.05) is 37.4 Å². The van der Waals surface area contributed by atoms with Crippen molar-refractivity contribution in [1.29, 1.82) is 0 Å². The summed E-state index contributed by atoms with van der Waals surface area (Å²) >= 11 is 1.69. The van der Waals surface area contributed by atoms with E-state index in [0.29, 0.717) is 44.0 Å². The fourth-order valence-electron chi connectivity index (χ4n) is 3.48. The number of carbonyl (C=O) groups excluding carboxylic acids is 1. The van der Waals surface area contributed by atoms with Crippen LogP contribution in [0.25, 0.3) is 0 Å². The van der Waals surface area contributed by atoms with E-state index in [0.717, 1.165) is 12.0 Å². The summed E-state index contributed by atoms with van der Waals surface area (Å²) in [4.78, 5) is 16.2. The average molecular weight is 436 g/mol. The van der Waals surface area contributed by atoms with Crippen LogP contribution in [0.2, 0.25) is 0 Å². The summed E-state index contributed by atoms with van der Waals surface area (Å²) in [6.45, 7) is 6.57. The Labute approximate surface area is 177 Å². The molecule has 1 aromatic carbocycles. The van der Waals surface area contributed by atoms with Crippen LogP contribution in [0.3, 0.4) is 0 Å². The molecule has 29 heavy (non-hydrogen) atoms. The highest BCUT2D eigenvalue weighted by molar-refractivity contribution is 7.89. The number of nitrogens with zero attached hydrogens (tertiary/aromatic N) is 2. The molecule has 1 N–H and O–H groups in total. The van der Waals surface area contributed by atoms with E-state index in [1.54, 1.807) is 27.8 Å². The summed E-state index contributed by atoms with van der Waals surface area (Å²) in [5, 5.41) is 5.04. The quantitative estimate of drug-likeness (QED) is 0.726. The van der Waals surface area contributed by atoms with Crippen LogP contribution in [0.4, 0.5) is 0 Å². The van der Waals surface area contributed by atoms with E-state index in [-0.39, 0.29) is 11.9 Å². The zero-order valence-corrected chi connectivity index (χ0v) is 18.6. The molecule has 1 saturated heterocycles. The Morgan fingerprint density at radius 1 is 1.14 bits per heavy atom. The molecule has 8 heteroatoms. The topological polar surface area (TPSA) is 69.7 Å². The smallest absolute Gasteiger partial charge is 0.243 e. The van der Waals surface area contributed by atoms with Crippen LogP contribution in [0.15, 0.2) is 46.7 Å². The van der Waals surface area contributed by atoms with Crippen LogP contribution in [-0.4, -0.2) is 62.3 Å². The second kappa shape index (κ2) is 9.84. The van der Waals surface area contributed by atoms with Gasteiger partial charge in [0.1, 0.15) is 0 Å². The van der Waals surface area contributed by atoms with Gasteiger partial charge in [0, 0.05) is 37.6 Å². The van der Waals surface area contributed by atoms with Crippen molar-refractivity contribution in [3.63, 3.8) is 0 Å². The number of hydrogen-bond donors (Lipinski definition) is 1. The van der Waals surface area contributed by atoms with E-state index in [1.165, 1.54) is 4.88 Å². The van der Waals surface area contributed by atoms with Crippen LogP contribution in [-0.2, 0) is 21.2 Å². The molecule has 6 nitrogen and oxygen atoms in total. The lowest BCUT2D eigenvalue weighted by Gasteiger charge is -2.27. The van der Waals surface area contributed by atoms with Crippen LogP contribution in [0.5, 0.6) is 0 Å². The third kappa shape index (κ3) is 5.66. The molecule has 1 aliphatic rings. The monoisotopic (exact) mass is 435 g/mol. The Hall–Kier alpha value is -1.74. The molecule has 1 amide bonds. The number of nitrogens with one attached hydrogen (secondary N) is 1. The van der Waals surface area contributed by atoms with Crippen LogP contribution in [0.1, 0.15) is 23.8 Å². The number of aryl methyl sites for hydroxylation is 1. The number of carbonyl (C=O) groups is 1. The number of thiophene rings is 1. The Balaban J connectivity index is 1.54. The van der Waals surface area contributed by atoms with Crippen molar-refractivity contribution in [2.24, 2.45) is 0 Å². The minimum atomic E-state index is -3.50. The third-order valence-electron chi connectivity index (χ3n) is 5.33. The molecule has 0 unspecified atom stereocenters. The van der Waals surface area contributed by atoms with Gasteiger partial charge in [-0.05, 0) is 50.3 Å². The molecule has 2 heterocycles. The second-order valence-electron chi connectivity index (χ2n) is 7.40. The zero-order valence-electron chi connectivity index (χ0n) is 17.0. The molecule has 1 aliphatic heterocycles. The van der Waals surface area contributed by atoms with Gasteiger partial charge in [-0.25, -0.2) is 8.42 Å². The SMILES string of the molecule is Cc1ccc(S(=O)(=O)N2CCCN([C@H](C)C(=O)NCCc3cccs3)CC2)cc1. The van der Waals surface area contributed by atoms with Crippen molar-refractivity contribution in [3.05, 3.63) is 52.2 Å². The van der Waals surface area contributed by atoms with Gasteiger partial charge >= 0.3 is 0 Å². The van der Waals surface area contributed by atoms with Crippen LogP contribution >= 0.6 is 11.3 Å². The highest BCUT2D eigenvalue weighted by Gasteiger charge is 2.29. The van der Waals surface area contributed by atoms with Gasteiger partial charge < -0.3 is 5.32 Å². The molecule has 0 aliphatic carbocycles. The highest BCUT2D eigenvalue weighted by Crippen LogP contribution is 2.19. The normalized spacial score (nSPS) is 17.6. The average Bonchev–Trinajstić information content (AvgIpc) is 3.09. The van der Waals surface area contributed by atoms with E-state index in [4.69, 9.17) is 0 Å². The number of rotatable bonds is 7. The van der Waals surface area contributed by atoms with Gasteiger partial charge in [0.2, 0.25) is 15.9 Å². The summed E-state index contributed by atoms with van der Waals surface area (Å²) in [6.07, 6.45) is 1.54. The predicted molar refractivity (Wildman–Crippen MR) is 117 cm³/mol. The van der Waals surface area contributed by atoms with E-state index in [9.17, 15) is 13.2 Å². The van der Waals surface area contributed by atoms with Crippen LogP contribution < -0.4 is 5.32 Å². The summed E-state index contributed by atoms with van der Waals surface area (Å²) in [7, 11) is -3.50. The van der Waals surface area contributed by atoms with Crippen molar-refractivity contribution >= 4 is 27.3 Å². The molecule has 1 atom stereocenters. The first kappa shape index (κ1) is 22.0. The van der Waals surface area contributed by atoms with Crippen molar-refractivity contribution in [2.45, 2.75) is 37.6 Å². The summed E-state index contributed by atoms with van der Waals surface area (Å²) in [5.41, 5.74) is 1.03.